The number of aromatic nitrogens is 5. The van der Waals surface area contributed by atoms with Crippen LogP contribution in [0.3, 0.4) is 0 Å². The van der Waals surface area contributed by atoms with Gasteiger partial charge in [0.1, 0.15) is 5.69 Å². The second-order valence-electron chi connectivity index (χ2n) is 7.04. The number of hydrogen-bond donors (Lipinski definition) is 2. The lowest BCUT2D eigenvalue weighted by molar-refractivity contribution is -0.138. The number of halogens is 6. The summed E-state index contributed by atoms with van der Waals surface area (Å²) in [6, 6.07) is 4.86. The van der Waals surface area contributed by atoms with Gasteiger partial charge in [0, 0.05) is 37.2 Å². The highest BCUT2D eigenvalue weighted by Crippen LogP contribution is 2.37. The molecule has 180 valence electrons. The number of nitrogens with zero attached hydrogens (tertiary/aromatic N) is 5. The monoisotopic (exact) mass is 493 g/mol. The molecule has 0 aromatic carbocycles. The number of anilines is 2. The minimum Gasteiger partial charge on any atom is -0.355 e. The predicted octanol–water partition coefficient (Wildman–Crippen LogP) is 4.62. The zero-order valence-electron chi connectivity index (χ0n) is 17.5. The van der Waals surface area contributed by atoms with Crippen LogP contribution in [0.15, 0.2) is 49.1 Å². The normalized spacial score (nSPS) is 12.0. The lowest BCUT2D eigenvalue weighted by atomic mass is 10.1. The van der Waals surface area contributed by atoms with Crippen LogP contribution in [0.5, 0.6) is 0 Å². The summed E-state index contributed by atoms with van der Waals surface area (Å²) in [4.78, 5) is 31.0. The zero-order valence-corrected chi connectivity index (χ0v) is 17.5. The van der Waals surface area contributed by atoms with Crippen molar-refractivity contribution in [1.82, 2.24) is 30.2 Å². The maximum Gasteiger partial charge on any atom is 0.419 e. The summed E-state index contributed by atoms with van der Waals surface area (Å²) in [7, 11) is 1.28. The van der Waals surface area contributed by atoms with Crippen molar-refractivity contribution in [2.75, 3.05) is 12.4 Å². The molecule has 0 fully saturated rings. The van der Waals surface area contributed by atoms with Gasteiger partial charge in [-0.05, 0) is 24.3 Å². The molecule has 0 saturated heterocycles. The first-order valence-corrected chi connectivity index (χ1v) is 9.69. The van der Waals surface area contributed by atoms with Crippen LogP contribution in [0.4, 0.5) is 38.0 Å². The van der Waals surface area contributed by atoms with E-state index in [2.05, 4.69) is 35.6 Å². The van der Waals surface area contributed by atoms with Crippen LogP contribution in [0.2, 0.25) is 0 Å². The predicted molar refractivity (Wildman–Crippen MR) is 111 cm³/mol. The van der Waals surface area contributed by atoms with Gasteiger partial charge in [0.15, 0.2) is 5.65 Å². The Morgan fingerprint density at radius 1 is 0.886 bits per heavy atom. The van der Waals surface area contributed by atoms with Crippen LogP contribution >= 0.6 is 0 Å². The number of fused-ring (bicyclic) bond motifs is 1. The molecule has 0 bridgehead atoms. The number of nitrogens with one attached hydrogen (secondary N) is 2. The molecule has 14 heteroatoms. The van der Waals surface area contributed by atoms with Crippen molar-refractivity contribution in [3.63, 3.8) is 0 Å². The molecule has 0 spiro atoms. The van der Waals surface area contributed by atoms with E-state index in [0.717, 1.165) is 6.20 Å². The first-order valence-electron chi connectivity index (χ1n) is 9.69. The summed E-state index contributed by atoms with van der Waals surface area (Å²) in [6.07, 6.45) is -5.88. The molecule has 4 rings (SSSR count). The van der Waals surface area contributed by atoms with Crippen LogP contribution in [-0.4, -0.2) is 37.9 Å². The Labute approximate surface area is 192 Å². The fourth-order valence-corrected chi connectivity index (χ4v) is 3.08. The van der Waals surface area contributed by atoms with Crippen molar-refractivity contribution in [1.29, 1.82) is 0 Å². The Morgan fingerprint density at radius 3 is 2.23 bits per heavy atom. The summed E-state index contributed by atoms with van der Waals surface area (Å²) in [5.41, 5.74) is -2.76. The van der Waals surface area contributed by atoms with Crippen molar-refractivity contribution in [3.05, 3.63) is 65.7 Å². The highest BCUT2D eigenvalue weighted by atomic mass is 19.4. The number of carbonyl (C=O) groups is 1. The summed E-state index contributed by atoms with van der Waals surface area (Å²) in [5, 5.41) is 5.32. The van der Waals surface area contributed by atoms with E-state index >= 15 is 0 Å². The molecule has 0 saturated carbocycles. The van der Waals surface area contributed by atoms with Crippen molar-refractivity contribution in [2.45, 2.75) is 12.4 Å². The van der Waals surface area contributed by atoms with E-state index in [-0.39, 0.29) is 22.9 Å². The first kappa shape index (κ1) is 23.8. The lowest BCUT2D eigenvalue weighted by Gasteiger charge is -2.14. The van der Waals surface area contributed by atoms with E-state index in [1.165, 1.54) is 31.4 Å². The highest BCUT2D eigenvalue weighted by molar-refractivity contribution is 5.94. The molecule has 0 aliphatic carbocycles. The third-order valence-electron chi connectivity index (χ3n) is 4.75. The smallest absolute Gasteiger partial charge is 0.355 e. The molecular weight excluding hydrogens is 480 g/mol. The first-order chi connectivity index (χ1) is 16.5. The summed E-state index contributed by atoms with van der Waals surface area (Å²) in [5.74, 6) is -0.871. The van der Waals surface area contributed by atoms with Gasteiger partial charge in [-0.3, -0.25) is 9.78 Å². The van der Waals surface area contributed by atoms with Crippen molar-refractivity contribution in [3.8, 4) is 11.4 Å². The Bertz CT molecular complexity index is 1400. The molecule has 4 aromatic rings. The third-order valence-corrected chi connectivity index (χ3v) is 4.75. The van der Waals surface area contributed by atoms with E-state index in [1.807, 2.05) is 0 Å². The summed E-state index contributed by atoms with van der Waals surface area (Å²) in [6.45, 7) is 0. The van der Waals surface area contributed by atoms with Gasteiger partial charge in [0.2, 0.25) is 5.95 Å². The number of amides is 1. The quantitative estimate of drug-likeness (QED) is 0.400. The molecule has 0 aliphatic heterocycles. The molecule has 0 atom stereocenters. The molecule has 0 unspecified atom stereocenters. The SMILES string of the molecule is CNC(=O)c1cnc(-c2ccc3c(Nc4ncc(C(F)(F)F)cn4)ccnc3n2)c(C(F)(F)F)c1. The number of alkyl halides is 6. The molecule has 4 heterocycles. The standard InChI is InChI=1S/C21H13F6N7O/c1-28-18(35)10-6-13(21(25,26)27)16(30-7-10)15-3-2-12-14(4-5-29-17(12)33-15)34-19-31-8-11(9-32-19)20(22,23)24/h2-9H,1H3,(H,28,35)(H,29,31,32,33,34). The van der Waals surface area contributed by atoms with E-state index in [0.29, 0.717) is 29.5 Å². The van der Waals surface area contributed by atoms with Crippen molar-refractivity contribution < 1.29 is 31.1 Å². The van der Waals surface area contributed by atoms with Crippen LogP contribution in [0.25, 0.3) is 22.4 Å². The van der Waals surface area contributed by atoms with Crippen LogP contribution in [-0.2, 0) is 12.4 Å². The van der Waals surface area contributed by atoms with Crippen LogP contribution < -0.4 is 10.6 Å². The topological polar surface area (TPSA) is 106 Å². The average Bonchev–Trinajstić information content (AvgIpc) is 2.82. The molecule has 4 aromatic heterocycles. The lowest BCUT2D eigenvalue weighted by Crippen LogP contribution is -2.20. The van der Waals surface area contributed by atoms with E-state index in [4.69, 9.17) is 0 Å². The summed E-state index contributed by atoms with van der Waals surface area (Å²) < 4.78 is 79.2. The molecule has 0 radical (unpaired) electrons. The van der Waals surface area contributed by atoms with Crippen molar-refractivity contribution >= 4 is 28.6 Å². The second-order valence-corrected chi connectivity index (χ2v) is 7.04. The Hall–Kier alpha value is -4.36. The van der Waals surface area contributed by atoms with Gasteiger partial charge in [-0.15, -0.1) is 0 Å². The van der Waals surface area contributed by atoms with E-state index < -0.39 is 35.1 Å². The highest BCUT2D eigenvalue weighted by Gasteiger charge is 2.36. The number of pyridine rings is 3. The third kappa shape index (κ3) is 4.95. The fourth-order valence-electron chi connectivity index (χ4n) is 3.08. The van der Waals surface area contributed by atoms with Gasteiger partial charge in [0.05, 0.1) is 28.1 Å². The average molecular weight is 493 g/mol. The van der Waals surface area contributed by atoms with Crippen molar-refractivity contribution in [2.24, 2.45) is 0 Å². The minimum absolute atomic E-state index is 0.0321. The second kappa shape index (κ2) is 8.77. The van der Waals surface area contributed by atoms with Crippen LogP contribution in [0, 0.1) is 0 Å². The molecular formula is C21H13F6N7O. The van der Waals surface area contributed by atoms with Gasteiger partial charge < -0.3 is 10.6 Å². The van der Waals surface area contributed by atoms with Gasteiger partial charge in [-0.2, -0.15) is 26.3 Å². The number of rotatable bonds is 4. The largest absolute Gasteiger partial charge is 0.419 e. The Morgan fingerprint density at radius 2 is 1.60 bits per heavy atom. The molecule has 2 N–H and O–H groups in total. The van der Waals surface area contributed by atoms with Crippen LogP contribution in [0.1, 0.15) is 21.5 Å². The molecule has 1 amide bonds. The maximum atomic E-state index is 13.7. The Balaban J connectivity index is 1.72. The Kier molecular flexibility index (Phi) is 5.96. The van der Waals surface area contributed by atoms with E-state index in [9.17, 15) is 31.1 Å². The molecule has 8 nitrogen and oxygen atoms in total. The van der Waals surface area contributed by atoms with Gasteiger partial charge >= 0.3 is 12.4 Å². The van der Waals surface area contributed by atoms with E-state index in [1.54, 1.807) is 0 Å². The number of carbonyl (C=O) groups excluding carboxylic acids is 1. The fraction of sp³-hybridized carbons (Fsp3) is 0.143. The minimum atomic E-state index is -4.82. The van der Waals surface area contributed by atoms with Gasteiger partial charge in [-0.25, -0.2) is 19.9 Å². The van der Waals surface area contributed by atoms with Gasteiger partial charge in [-0.1, -0.05) is 0 Å². The van der Waals surface area contributed by atoms with Gasteiger partial charge in [0.25, 0.3) is 5.91 Å². The molecule has 0 aliphatic rings. The zero-order chi connectivity index (χ0) is 25.4. The number of hydrogen-bond acceptors (Lipinski definition) is 7. The summed E-state index contributed by atoms with van der Waals surface area (Å²) >= 11 is 0. The molecule has 35 heavy (non-hydrogen) atoms. The maximum absolute atomic E-state index is 13.7.